The number of aromatic nitrogens is 1. The number of aryl methyl sites for hydroxylation is 1. The topological polar surface area (TPSA) is 186 Å². The molecule has 2 atom stereocenters. The molecule has 5 fully saturated rings. The van der Waals surface area contributed by atoms with Crippen molar-refractivity contribution >= 4 is 52.7 Å². The first-order valence-corrected chi connectivity index (χ1v) is 26.0. The summed E-state index contributed by atoms with van der Waals surface area (Å²) in [5, 5.41) is 8.96. The van der Waals surface area contributed by atoms with E-state index in [1.165, 1.54) is 11.8 Å². The Kier molecular flexibility index (Phi) is 13.0. The summed E-state index contributed by atoms with van der Waals surface area (Å²) in [7, 11) is 0. The zero-order valence-corrected chi connectivity index (χ0v) is 40.7. The van der Waals surface area contributed by atoms with Gasteiger partial charge in [0.25, 0.3) is 29.1 Å². The molecular weight excluding hydrogens is 904 g/mol. The van der Waals surface area contributed by atoms with Gasteiger partial charge in [0, 0.05) is 117 Å². The van der Waals surface area contributed by atoms with E-state index in [2.05, 4.69) is 35.6 Å². The fraction of sp³-hybridized carbons (Fsp3) is 0.569. The van der Waals surface area contributed by atoms with Crippen molar-refractivity contribution in [2.75, 3.05) is 61.9 Å². The zero-order valence-electron chi connectivity index (χ0n) is 39.9. The van der Waals surface area contributed by atoms with Crippen LogP contribution in [0.2, 0.25) is 0 Å². The first-order valence-electron chi connectivity index (χ1n) is 24.7. The maximum absolute atomic E-state index is 14.2. The lowest BCUT2D eigenvalue weighted by Gasteiger charge is -2.41. The molecular formula is C51H63FN8O8S. The van der Waals surface area contributed by atoms with Crippen LogP contribution in [0.4, 0.5) is 15.8 Å². The number of amides is 5. The Hall–Kier alpha value is -5.46. The van der Waals surface area contributed by atoms with Crippen molar-refractivity contribution in [2.24, 2.45) is 11.8 Å². The molecule has 368 valence electrons. The number of carbonyl (C=O) groups is 5. The Morgan fingerprint density at radius 2 is 1.55 bits per heavy atom. The predicted molar refractivity (Wildman–Crippen MR) is 259 cm³/mol. The van der Waals surface area contributed by atoms with Gasteiger partial charge in [-0.3, -0.25) is 43.9 Å². The van der Waals surface area contributed by atoms with Crippen LogP contribution in [-0.4, -0.2) is 126 Å². The summed E-state index contributed by atoms with van der Waals surface area (Å²) in [6.07, 6.45) is 8.24. The molecule has 69 heavy (non-hydrogen) atoms. The monoisotopic (exact) mass is 966 g/mol. The summed E-state index contributed by atoms with van der Waals surface area (Å²) in [5.74, 6) is -1.41. The van der Waals surface area contributed by atoms with Crippen LogP contribution in [-0.2, 0) is 16.1 Å². The van der Waals surface area contributed by atoms with Crippen molar-refractivity contribution < 1.29 is 37.8 Å². The number of nitrogens with zero attached hydrogens (tertiary/aromatic N) is 4. The van der Waals surface area contributed by atoms with Crippen LogP contribution in [0.5, 0.6) is 11.5 Å². The Bertz CT molecular complexity index is 2620. The number of piperidine rings is 2. The van der Waals surface area contributed by atoms with E-state index in [0.717, 1.165) is 111 Å². The maximum Gasteiger partial charge on any atom is 0.262 e. The number of imide groups is 2. The molecule has 5 amide bonds. The van der Waals surface area contributed by atoms with Crippen LogP contribution in [0, 0.1) is 25.7 Å². The predicted octanol–water partition coefficient (Wildman–Crippen LogP) is 5.22. The van der Waals surface area contributed by atoms with Gasteiger partial charge in [-0.15, -0.1) is 11.8 Å². The van der Waals surface area contributed by atoms with Crippen LogP contribution in [0.3, 0.4) is 0 Å². The molecule has 10 rings (SSSR count). The van der Waals surface area contributed by atoms with Gasteiger partial charge in [0.2, 0.25) is 11.8 Å². The lowest BCUT2D eigenvalue weighted by Crippen LogP contribution is -2.54. The van der Waals surface area contributed by atoms with Crippen LogP contribution >= 0.6 is 11.8 Å². The number of fused-ring (bicyclic) bond motifs is 2. The first-order chi connectivity index (χ1) is 33.2. The van der Waals surface area contributed by atoms with Gasteiger partial charge >= 0.3 is 0 Å². The minimum Gasteiger partial charge on any atom is -0.448 e. The normalized spacial score (nSPS) is 27.4. The number of nitrogens with one attached hydrogen (secondary N) is 4. The van der Waals surface area contributed by atoms with Gasteiger partial charge in [0.15, 0.2) is 11.5 Å². The van der Waals surface area contributed by atoms with E-state index in [1.807, 2.05) is 45.2 Å². The minimum atomic E-state index is -0.997. The van der Waals surface area contributed by atoms with Gasteiger partial charge in [-0.05, 0) is 114 Å². The van der Waals surface area contributed by atoms with E-state index in [-0.39, 0.29) is 53.9 Å². The second kappa shape index (κ2) is 19.0. The van der Waals surface area contributed by atoms with Crippen molar-refractivity contribution in [3.63, 3.8) is 0 Å². The summed E-state index contributed by atoms with van der Waals surface area (Å²) in [6.45, 7) is 11.5. The summed E-state index contributed by atoms with van der Waals surface area (Å²) >= 11 is 1.47. The molecule has 18 heteroatoms. The smallest absolute Gasteiger partial charge is 0.262 e. The molecule has 0 radical (unpaired) electrons. The number of pyridine rings is 1. The maximum atomic E-state index is 14.2. The molecule has 0 spiro atoms. The van der Waals surface area contributed by atoms with E-state index >= 15 is 0 Å². The molecule has 2 saturated carbocycles. The van der Waals surface area contributed by atoms with Crippen molar-refractivity contribution in [1.29, 1.82) is 0 Å². The van der Waals surface area contributed by atoms with Gasteiger partial charge in [-0.1, -0.05) is 0 Å². The van der Waals surface area contributed by atoms with Gasteiger partial charge in [-0.2, -0.15) is 0 Å². The van der Waals surface area contributed by atoms with Crippen molar-refractivity contribution in [3.05, 3.63) is 74.2 Å². The van der Waals surface area contributed by atoms with Crippen LogP contribution in [0.15, 0.2) is 40.0 Å². The molecule has 3 aromatic rings. The number of aromatic amines is 1. The Balaban J connectivity index is 0.793. The lowest BCUT2D eigenvalue weighted by atomic mass is 9.80. The molecule has 0 bridgehead atoms. The number of ether oxygens (including phenoxy) is 2. The van der Waals surface area contributed by atoms with Crippen molar-refractivity contribution in [3.8, 4) is 11.5 Å². The van der Waals surface area contributed by atoms with Crippen LogP contribution in [0.25, 0.3) is 0 Å². The summed E-state index contributed by atoms with van der Waals surface area (Å²) in [6, 6.07) is 8.79. The largest absolute Gasteiger partial charge is 0.448 e. The van der Waals surface area contributed by atoms with E-state index in [1.54, 1.807) is 12.1 Å². The highest BCUT2D eigenvalue weighted by Gasteiger charge is 2.49. The molecule has 16 nitrogen and oxygen atoms in total. The Morgan fingerprint density at radius 1 is 0.841 bits per heavy atom. The fourth-order valence-electron chi connectivity index (χ4n) is 11.7. The van der Waals surface area contributed by atoms with Gasteiger partial charge in [0.05, 0.1) is 16.8 Å². The molecule has 2 aromatic carbocycles. The number of H-pyrrole nitrogens is 1. The highest BCUT2D eigenvalue weighted by molar-refractivity contribution is 7.98. The Morgan fingerprint density at radius 3 is 2.25 bits per heavy atom. The summed E-state index contributed by atoms with van der Waals surface area (Å²) < 4.78 is 27.4. The zero-order chi connectivity index (χ0) is 48.3. The molecule has 7 aliphatic rings. The number of hydrogen-bond donors (Lipinski definition) is 4. The summed E-state index contributed by atoms with van der Waals surface area (Å²) in [4.78, 5) is 90.0. The number of benzene rings is 2. The van der Waals surface area contributed by atoms with E-state index in [9.17, 15) is 33.2 Å². The van der Waals surface area contributed by atoms with Crippen LogP contribution in [0.1, 0.15) is 119 Å². The SMILES string of the molecule is CSc1cc(C)[nH]c(=O)c1CNC(=O)c1cc(N2CCN(CC3CCN(c4ccc5c(c4)C(=O)N(C4CCC(=O)NC4=O)C5=O)CC3)CC2)c2c(c1C)OC(C)(C1CCC(NC3CC(F)C3)CC1)O2. The second-order valence-corrected chi connectivity index (χ2v) is 21.2. The third kappa shape index (κ3) is 9.24. The number of anilines is 2. The van der Waals surface area contributed by atoms with Gasteiger partial charge in [-0.25, -0.2) is 4.39 Å². The highest BCUT2D eigenvalue weighted by Crippen LogP contribution is 2.53. The minimum absolute atomic E-state index is 0.0754. The van der Waals surface area contributed by atoms with E-state index < -0.39 is 41.6 Å². The lowest BCUT2D eigenvalue weighted by molar-refractivity contribution is -0.136. The van der Waals surface area contributed by atoms with Gasteiger partial charge < -0.3 is 34.9 Å². The molecule has 2 aliphatic carbocycles. The number of rotatable bonds is 12. The quantitative estimate of drug-likeness (QED) is 0.137. The molecule has 4 N–H and O–H groups in total. The molecule has 5 aliphatic heterocycles. The van der Waals surface area contributed by atoms with Crippen LogP contribution < -0.4 is 40.8 Å². The third-order valence-electron chi connectivity index (χ3n) is 15.8. The molecule has 6 heterocycles. The summed E-state index contributed by atoms with van der Waals surface area (Å²) in [5.41, 5.74) is 4.49. The van der Waals surface area contributed by atoms with E-state index in [0.29, 0.717) is 53.0 Å². The van der Waals surface area contributed by atoms with Crippen molar-refractivity contribution in [1.82, 2.24) is 30.7 Å². The number of carbonyl (C=O) groups excluding carboxylic acids is 5. The van der Waals surface area contributed by atoms with Gasteiger partial charge in [0.1, 0.15) is 12.2 Å². The highest BCUT2D eigenvalue weighted by atomic mass is 32.2. The second-order valence-electron chi connectivity index (χ2n) is 20.3. The number of alkyl halides is 1. The Labute approximate surface area is 405 Å². The number of halogens is 1. The standard InChI is InChI=1S/C51H63FN8O8S/c1-28-21-42(69-4)39(47(63)54-28)26-53-46(62)37-25-41(45-44(29(37)2)67-51(3,68-45)31-5-7-33(8-6-31)55-34-22-32(52)23-34)59-19-17-57(18-20-59)27-30-13-15-58(16-14-30)35-9-10-36-38(24-35)50(66)60(49(36)65)40-11-12-43(61)56-48(40)64/h9-10,21,24-25,30-34,40,55H,5-8,11-20,22-23,26-27H2,1-4H3,(H,53,62)(H,54,63)(H,56,61,64). The average molecular weight is 967 g/mol. The molecule has 1 aromatic heterocycles. The third-order valence-corrected chi connectivity index (χ3v) is 16.7. The molecule has 3 saturated heterocycles. The number of piperazine rings is 1. The average Bonchev–Trinajstić information content (AvgIpc) is 3.82. The van der Waals surface area contributed by atoms with E-state index in [4.69, 9.17) is 9.47 Å². The first kappa shape index (κ1) is 47.2. The number of hydrogen-bond acceptors (Lipinski definition) is 13. The fourth-order valence-corrected chi connectivity index (χ4v) is 12.4. The van der Waals surface area contributed by atoms with Crippen molar-refractivity contribution in [2.45, 2.75) is 127 Å². The number of thioether (sulfide) groups is 1. The molecule has 2 unspecified atom stereocenters.